The molecule has 0 bridgehead atoms. The van der Waals surface area contributed by atoms with Crippen LogP contribution in [0.4, 0.5) is 0 Å². The number of rotatable bonds is 6. The maximum atomic E-state index is 13.1. The van der Waals surface area contributed by atoms with Gasteiger partial charge in [-0.15, -0.1) is 11.6 Å². The number of Topliss-reactive ketones (excluding diaryl/α,β-unsaturated/α-hetero) is 1. The van der Waals surface area contributed by atoms with Gasteiger partial charge in [-0.2, -0.15) is 0 Å². The normalized spacial score (nSPS) is 34.8. The van der Waals surface area contributed by atoms with Crippen LogP contribution >= 0.6 is 27.5 Å². The van der Waals surface area contributed by atoms with Gasteiger partial charge in [0.25, 0.3) is 0 Å². The molecule has 164 valence electrons. The Kier molecular flexibility index (Phi) is 6.65. The molecule has 3 nitrogen and oxygen atoms in total. The molecule has 0 heterocycles. The summed E-state index contributed by atoms with van der Waals surface area (Å²) in [7, 11) is 0. The van der Waals surface area contributed by atoms with Crippen molar-refractivity contribution in [2.45, 2.75) is 76.0 Å². The van der Waals surface area contributed by atoms with Gasteiger partial charge in [0.15, 0.2) is 5.78 Å². The number of hydrogen-bond acceptors (Lipinski definition) is 3. The molecular weight excluding hydrogens is 464 g/mol. The van der Waals surface area contributed by atoms with E-state index in [4.69, 9.17) is 16.3 Å². The van der Waals surface area contributed by atoms with Gasteiger partial charge in [0.2, 0.25) is 0 Å². The molecule has 0 N–H and O–H groups in total. The Morgan fingerprint density at radius 1 is 1.30 bits per heavy atom. The van der Waals surface area contributed by atoms with Gasteiger partial charge in [-0.25, -0.2) is 0 Å². The molecule has 2 saturated carbocycles. The van der Waals surface area contributed by atoms with Crippen LogP contribution in [0.1, 0.15) is 75.8 Å². The van der Waals surface area contributed by atoms with E-state index in [9.17, 15) is 9.59 Å². The Labute approximate surface area is 193 Å². The third-order valence-corrected chi connectivity index (χ3v) is 9.05. The van der Waals surface area contributed by atoms with Gasteiger partial charge < -0.3 is 4.74 Å². The zero-order valence-electron chi connectivity index (χ0n) is 18.0. The van der Waals surface area contributed by atoms with E-state index in [-0.39, 0.29) is 16.2 Å². The summed E-state index contributed by atoms with van der Waals surface area (Å²) < 4.78 is 5.35. The van der Waals surface area contributed by atoms with E-state index in [0.717, 1.165) is 50.8 Å². The van der Waals surface area contributed by atoms with Crippen LogP contribution in [-0.2, 0) is 16.0 Å². The van der Waals surface area contributed by atoms with Crippen LogP contribution in [-0.4, -0.2) is 22.5 Å². The molecule has 4 rings (SSSR count). The number of halogens is 2. The molecule has 30 heavy (non-hydrogen) atoms. The Hall–Kier alpha value is -0.870. The van der Waals surface area contributed by atoms with E-state index >= 15 is 0 Å². The van der Waals surface area contributed by atoms with Crippen molar-refractivity contribution in [2.24, 2.45) is 23.2 Å². The summed E-state index contributed by atoms with van der Waals surface area (Å²) in [5.74, 6) is 3.55. The molecule has 0 saturated heterocycles. The number of hydrogen-bond donors (Lipinski definition) is 0. The largest absolute Gasteiger partial charge is 0.427 e. The summed E-state index contributed by atoms with van der Waals surface area (Å²) >= 11 is 9.59. The van der Waals surface area contributed by atoms with E-state index < -0.39 is 0 Å². The Morgan fingerprint density at radius 2 is 2.10 bits per heavy atom. The number of aryl methyl sites for hydroxylation is 1. The van der Waals surface area contributed by atoms with Crippen LogP contribution < -0.4 is 4.74 Å². The van der Waals surface area contributed by atoms with Gasteiger partial charge in [0, 0.05) is 18.2 Å². The van der Waals surface area contributed by atoms with Crippen molar-refractivity contribution in [1.29, 1.82) is 0 Å². The van der Waals surface area contributed by atoms with Crippen molar-refractivity contribution in [3.8, 4) is 5.75 Å². The molecule has 0 spiro atoms. The number of ketones is 1. The maximum Gasteiger partial charge on any atom is 0.308 e. The maximum absolute atomic E-state index is 13.1. The van der Waals surface area contributed by atoms with Crippen molar-refractivity contribution in [3.63, 3.8) is 0 Å². The van der Waals surface area contributed by atoms with Gasteiger partial charge in [0.1, 0.15) is 5.75 Å². The van der Waals surface area contributed by atoms with E-state index in [1.165, 1.54) is 24.5 Å². The van der Waals surface area contributed by atoms with E-state index in [1.54, 1.807) is 0 Å². The van der Waals surface area contributed by atoms with Crippen molar-refractivity contribution in [3.05, 3.63) is 29.3 Å². The van der Waals surface area contributed by atoms with E-state index in [1.807, 2.05) is 6.07 Å². The van der Waals surface area contributed by atoms with Crippen molar-refractivity contribution >= 4 is 39.3 Å². The SMILES string of the molecule is CC(=O)Oc1ccc2c(c1)CC[C@@H]1[C@@H]2C(CCCCCCl)C[C@]2(C)C(=O)C(Br)C[C@@H]12. The topological polar surface area (TPSA) is 43.4 Å². The molecule has 3 aliphatic carbocycles. The fraction of sp³-hybridized carbons (Fsp3) is 0.680. The summed E-state index contributed by atoms with van der Waals surface area (Å²) in [6.07, 6.45) is 8.63. The fourth-order valence-electron chi connectivity index (χ4n) is 6.80. The summed E-state index contributed by atoms with van der Waals surface area (Å²) in [4.78, 5) is 24.5. The second-order valence-corrected chi connectivity index (χ2v) is 11.3. The molecule has 5 heteroatoms. The van der Waals surface area contributed by atoms with Gasteiger partial charge in [-0.3, -0.25) is 9.59 Å². The second kappa shape index (κ2) is 8.94. The summed E-state index contributed by atoms with van der Waals surface area (Å²) in [5.41, 5.74) is 2.56. The molecule has 2 unspecified atom stereocenters. The molecule has 6 atom stereocenters. The van der Waals surface area contributed by atoms with Crippen LogP contribution in [0.15, 0.2) is 18.2 Å². The van der Waals surface area contributed by atoms with Gasteiger partial charge >= 0.3 is 5.97 Å². The summed E-state index contributed by atoms with van der Waals surface area (Å²) in [6.45, 7) is 3.69. The highest BCUT2D eigenvalue weighted by atomic mass is 79.9. The monoisotopic (exact) mass is 494 g/mol. The molecule has 0 amide bonds. The predicted molar refractivity (Wildman–Crippen MR) is 124 cm³/mol. The Bertz CT molecular complexity index is 825. The average Bonchev–Trinajstić information content (AvgIpc) is 2.94. The first-order valence-corrected chi connectivity index (χ1v) is 12.9. The van der Waals surface area contributed by atoms with Crippen molar-refractivity contribution < 1.29 is 14.3 Å². The average molecular weight is 496 g/mol. The Balaban J connectivity index is 1.66. The minimum atomic E-state index is -0.276. The lowest BCUT2D eigenvalue weighted by molar-refractivity contribution is -0.132. The molecule has 0 radical (unpaired) electrons. The highest BCUT2D eigenvalue weighted by molar-refractivity contribution is 9.10. The number of benzene rings is 1. The molecule has 1 aromatic rings. The van der Waals surface area contributed by atoms with Gasteiger partial charge in [-0.1, -0.05) is 41.8 Å². The Morgan fingerprint density at radius 3 is 2.83 bits per heavy atom. The number of ether oxygens (including phenoxy) is 1. The molecule has 2 fully saturated rings. The zero-order valence-corrected chi connectivity index (χ0v) is 20.3. The van der Waals surface area contributed by atoms with Crippen LogP contribution in [0.25, 0.3) is 0 Å². The summed E-state index contributed by atoms with van der Waals surface area (Å²) in [5, 5.41) is 0. The lowest BCUT2D eigenvalue weighted by atomic mass is 9.51. The number of unbranched alkanes of at least 4 members (excludes halogenated alkanes) is 2. The lowest BCUT2D eigenvalue weighted by Crippen LogP contribution is -2.47. The van der Waals surface area contributed by atoms with E-state index in [0.29, 0.717) is 35.2 Å². The van der Waals surface area contributed by atoms with Crippen molar-refractivity contribution in [1.82, 2.24) is 0 Å². The van der Waals surface area contributed by atoms with Crippen LogP contribution in [0.3, 0.4) is 0 Å². The van der Waals surface area contributed by atoms with Crippen LogP contribution in [0, 0.1) is 23.2 Å². The number of carbonyl (C=O) groups is 2. The van der Waals surface area contributed by atoms with E-state index in [2.05, 4.69) is 35.0 Å². The predicted octanol–water partition coefficient (Wildman–Crippen LogP) is 6.44. The quantitative estimate of drug-likeness (QED) is 0.197. The van der Waals surface area contributed by atoms with Gasteiger partial charge in [0.05, 0.1) is 4.83 Å². The molecule has 3 aliphatic rings. The van der Waals surface area contributed by atoms with Crippen LogP contribution in [0.2, 0.25) is 0 Å². The third-order valence-electron chi connectivity index (χ3n) is 7.99. The first kappa shape index (κ1) is 22.3. The molecular formula is C25H32BrClO3. The number of alkyl halides is 2. The highest BCUT2D eigenvalue weighted by Crippen LogP contribution is 2.63. The standard InChI is InChI=1S/C25H32BrClO3/c1-15(28)30-18-8-10-19-16(12-18)7-9-20-21-13-22(26)24(29)25(21,2)14-17(23(19)20)6-4-3-5-11-27/h8,10,12,17,20-23H,3-7,9,11,13-14H2,1-2H3/t17?,20-,21-,22?,23+,25-/m0/s1. The molecule has 0 aliphatic heterocycles. The first-order chi connectivity index (χ1) is 14.3. The molecule has 0 aromatic heterocycles. The number of esters is 1. The third kappa shape index (κ3) is 3.99. The molecule has 1 aromatic carbocycles. The minimum Gasteiger partial charge on any atom is -0.427 e. The first-order valence-electron chi connectivity index (χ1n) is 11.4. The number of fused-ring (bicyclic) bond motifs is 5. The zero-order chi connectivity index (χ0) is 21.5. The highest BCUT2D eigenvalue weighted by Gasteiger charge is 2.60. The fourth-order valence-corrected chi connectivity index (χ4v) is 7.92. The van der Waals surface area contributed by atoms with Gasteiger partial charge in [-0.05, 0) is 85.5 Å². The number of carbonyl (C=O) groups excluding carboxylic acids is 2. The van der Waals surface area contributed by atoms with Crippen LogP contribution in [0.5, 0.6) is 5.75 Å². The summed E-state index contributed by atoms with van der Waals surface area (Å²) in [6, 6.07) is 6.22. The second-order valence-electron chi connectivity index (χ2n) is 9.78. The minimum absolute atomic E-state index is 0.0101. The van der Waals surface area contributed by atoms with Crippen molar-refractivity contribution in [2.75, 3.05) is 5.88 Å². The lowest BCUT2D eigenvalue weighted by Gasteiger charge is -2.52. The smallest absolute Gasteiger partial charge is 0.308 e.